The summed E-state index contributed by atoms with van der Waals surface area (Å²) in [6.07, 6.45) is 2.64. The van der Waals surface area contributed by atoms with Gasteiger partial charge < -0.3 is 14.6 Å². The van der Waals surface area contributed by atoms with Crippen LogP contribution in [0.5, 0.6) is 11.5 Å². The minimum absolute atomic E-state index is 0.240. The lowest BCUT2D eigenvalue weighted by atomic mass is 10.0. The Morgan fingerprint density at radius 3 is 2.59 bits per heavy atom. The molecule has 0 saturated carbocycles. The van der Waals surface area contributed by atoms with E-state index in [1.807, 2.05) is 12.1 Å². The van der Waals surface area contributed by atoms with E-state index in [9.17, 15) is 5.11 Å². The van der Waals surface area contributed by atoms with Crippen LogP contribution in [0, 0.1) is 0 Å². The van der Waals surface area contributed by atoms with Crippen molar-refractivity contribution in [3.63, 3.8) is 0 Å². The minimum Gasteiger partial charge on any atom is -0.454 e. The first-order chi connectivity index (χ1) is 8.34. The van der Waals surface area contributed by atoms with Crippen LogP contribution in [0.1, 0.15) is 17.2 Å². The van der Waals surface area contributed by atoms with E-state index in [1.165, 1.54) is 0 Å². The van der Waals surface area contributed by atoms with Gasteiger partial charge in [0.15, 0.2) is 11.5 Å². The van der Waals surface area contributed by atoms with Gasteiger partial charge in [-0.2, -0.15) is 0 Å². The fourth-order valence-corrected chi connectivity index (χ4v) is 1.82. The van der Waals surface area contributed by atoms with E-state index in [4.69, 9.17) is 9.47 Å². The molecule has 1 aliphatic heterocycles. The molecule has 0 unspecified atom stereocenters. The summed E-state index contributed by atoms with van der Waals surface area (Å²) in [4.78, 5) is 3.92. The number of aliphatic hydroxyl groups excluding tert-OH is 1. The molecule has 0 aliphatic carbocycles. The van der Waals surface area contributed by atoms with Crippen LogP contribution in [-0.2, 0) is 0 Å². The first-order valence-electron chi connectivity index (χ1n) is 5.32. The molecular formula is C13H11NO3. The average Bonchev–Trinajstić information content (AvgIpc) is 2.86. The van der Waals surface area contributed by atoms with Crippen molar-refractivity contribution >= 4 is 0 Å². The van der Waals surface area contributed by atoms with Crippen molar-refractivity contribution in [2.24, 2.45) is 0 Å². The molecule has 17 heavy (non-hydrogen) atoms. The van der Waals surface area contributed by atoms with Gasteiger partial charge in [0, 0.05) is 12.4 Å². The number of fused-ring (bicyclic) bond motifs is 1. The monoisotopic (exact) mass is 229 g/mol. The highest BCUT2D eigenvalue weighted by molar-refractivity contribution is 5.46. The summed E-state index contributed by atoms with van der Waals surface area (Å²) in [6, 6.07) is 9.01. The molecule has 0 radical (unpaired) electrons. The van der Waals surface area contributed by atoms with Gasteiger partial charge in [0.05, 0.1) is 0 Å². The van der Waals surface area contributed by atoms with Crippen molar-refractivity contribution in [2.45, 2.75) is 6.10 Å². The third kappa shape index (κ3) is 1.83. The summed E-state index contributed by atoms with van der Waals surface area (Å²) in [7, 11) is 0. The zero-order valence-electron chi connectivity index (χ0n) is 9.04. The Hall–Kier alpha value is -2.07. The van der Waals surface area contributed by atoms with Gasteiger partial charge in [-0.25, -0.2) is 0 Å². The van der Waals surface area contributed by atoms with Crippen molar-refractivity contribution in [1.29, 1.82) is 0 Å². The van der Waals surface area contributed by atoms with Gasteiger partial charge >= 0.3 is 0 Å². The van der Waals surface area contributed by atoms with Crippen LogP contribution in [0.15, 0.2) is 42.7 Å². The maximum absolute atomic E-state index is 10.2. The zero-order chi connectivity index (χ0) is 11.7. The Kier molecular flexibility index (Phi) is 2.42. The molecule has 4 heteroatoms. The second-order valence-electron chi connectivity index (χ2n) is 3.80. The fraction of sp³-hybridized carbons (Fsp3) is 0.154. The van der Waals surface area contributed by atoms with E-state index in [-0.39, 0.29) is 6.79 Å². The van der Waals surface area contributed by atoms with Gasteiger partial charge in [-0.3, -0.25) is 4.98 Å². The minimum atomic E-state index is -0.674. The summed E-state index contributed by atoms with van der Waals surface area (Å²) in [6.45, 7) is 0.240. The Morgan fingerprint density at radius 2 is 1.76 bits per heavy atom. The van der Waals surface area contributed by atoms with Crippen LogP contribution >= 0.6 is 0 Å². The number of pyridine rings is 1. The maximum Gasteiger partial charge on any atom is 0.231 e. The molecule has 1 aromatic carbocycles. The first-order valence-corrected chi connectivity index (χ1v) is 5.32. The molecule has 86 valence electrons. The summed E-state index contributed by atoms with van der Waals surface area (Å²) in [5, 5.41) is 10.2. The van der Waals surface area contributed by atoms with Crippen LogP contribution in [0.3, 0.4) is 0 Å². The molecule has 3 rings (SSSR count). The van der Waals surface area contributed by atoms with Crippen molar-refractivity contribution in [1.82, 2.24) is 4.98 Å². The summed E-state index contributed by atoms with van der Waals surface area (Å²) in [5.74, 6) is 1.39. The molecule has 1 N–H and O–H groups in total. The molecule has 0 fully saturated rings. The van der Waals surface area contributed by atoms with E-state index in [2.05, 4.69) is 4.98 Å². The fourth-order valence-electron chi connectivity index (χ4n) is 1.82. The molecule has 1 aromatic heterocycles. The number of rotatable bonds is 2. The van der Waals surface area contributed by atoms with Gasteiger partial charge in [0.25, 0.3) is 0 Å². The SMILES string of the molecule is O[C@H](c1ccncc1)c1ccc2c(c1)OCO2. The molecule has 0 amide bonds. The summed E-state index contributed by atoms with van der Waals surface area (Å²) >= 11 is 0. The van der Waals surface area contributed by atoms with Crippen LogP contribution in [0.2, 0.25) is 0 Å². The lowest BCUT2D eigenvalue weighted by molar-refractivity contribution is 0.173. The largest absolute Gasteiger partial charge is 0.454 e. The van der Waals surface area contributed by atoms with Gasteiger partial charge in [0.2, 0.25) is 6.79 Å². The smallest absolute Gasteiger partial charge is 0.231 e. The predicted molar refractivity (Wildman–Crippen MR) is 60.9 cm³/mol. The van der Waals surface area contributed by atoms with Crippen LogP contribution < -0.4 is 9.47 Å². The van der Waals surface area contributed by atoms with Crippen molar-refractivity contribution in [2.75, 3.05) is 6.79 Å². The number of nitrogens with zero attached hydrogens (tertiary/aromatic N) is 1. The lowest BCUT2D eigenvalue weighted by Gasteiger charge is -2.11. The zero-order valence-corrected chi connectivity index (χ0v) is 9.04. The van der Waals surface area contributed by atoms with Crippen molar-refractivity contribution < 1.29 is 14.6 Å². The molecule has 4 nitrogen and oxygen atoms in total. The quantitative estimate of drug-likeness (QED) is 0.854. The molecule has 0 bridgehead atoms. The molecule has 1 atom stereocenters. The highest BCUT2D eigenvalue weighted by Gasteiger charge is 2.17. The number of aromatic nitrogens is 1. The van der Waals surface area contributed by atoms with Gasteiger partial charge in [-0.15, -0.1) is 0 Å². The number of benzene rings is 1. The van der Waals surface area contributed by atoms with Crippen LogP contribution in [0.25, 0.3) is 0 Å². The average molecular weight is 229 g/mol. The summed E-state index contributed by atoms with van der Waals surface area (Å²) in [5.41, 5.74) is 1.58. The molecule has 2 heterocycles. The maximum atomic E-state index is 10.2. The first kappa shape index (κ1) is 10.1. The van der Waals surface area contributed by atoms with E-state index >= 15 is 0 Å². The summed E-state index contributed by atoms with van der Waals surface area (Å²) < 4.78 is 10.5. The highest BCUT2D eigenvalue weighted by atomic mass is 16.7. The number of hydrogen-bond donors (Lipinski definition) is 1. The second kappa shape index (κ2) is 4.07. The molecule has 2 aromatic rings. The number of ether oxygens (including phenoxy) is 2. The number of hydrogen-bond acceptors (Lipinski definition) is 4. The van der Waals surface area contributed by atoms with Crippen LogP contribution in [-0.4, -0.2) is 16.9 Å². The Balaban J connectivity index is 1.94. The molecule has 0 spiro atoms. The predicted octanol–water partition coefficient (Wildman–Crippen LogP) is 1.89. The third-order valence-corrected chi connectivity index (χ3v) is 2.73. The van der Waals surface area contributed by atoms with Gasteiger partial charge in [-0.05, 0) is 35.4 Å². The van der Waals surface area contributed by atoms with Crippen molar-refractivity contribution in [3.05, 3.63) is 53.9 Å². The topological polar surface area (TPSA) is 51.6 Å². The van der Waals surface area contributed by atoms with Crippen molar-refractivity contribution in [3.8, 4) is 11.5 Å². The third-order valence-electron chi connectivity index (χ3n) is 2.73. The number of aliphatic hydroxyl groups is 1. The van der Waals surface area contributed by atoms with Gasteiger partial charge in [0.1, 0.15) is 6.10 Å². The highest BCUT2D eigenvalue weighted by Crippen LogP contribution is 2.35. The molecule has 1 aliphatic rings. The molecular weight excluding hydrogens is 218 g/mol. The van der Waals surface area contributed by atoms with Gasteiger partial charge in [-0.1, -0.05) is 6.07 Å². The molecule has 0 saturated heterocycles. The Labute approximate surface area is 98.5 Å². The Bertz CT molecular complexity index is 527. The van der Waals surface area contributed by atoms with E-state index in [0.717, 1.165) is 16.9 Å². The van der Waals surface area contributed by atoms with Crippen LogP contribution in [0.4, 0.5) is 0 Å². The van der Waals surface area contributed by atoms with E-state index < -0.39 is 6.10 Å². The van der Waals surface area contributed by atoms with E-state index in [0.29, 0.717) is 5.75 Å². The lowest BCUT2D eigenvalue weighted by Crippen LogP contribution is -1.99. The standard InChI is InChI=1S/C13H11NO3/c15-13(9-3-5-14-6-4-9)10-1-2-11-12(7-10)17-8-16-11/h1-7,13,15H,8H2/t13-/m1/s1. The normalized spacial score (nSPS) is 14.6. The second-order valence-corrected chi connectivity index (χ2v) is 3.80. The van der Waals surface area contributed by atoms with E-state index in [1.54, 1.807) is 30.6 Å². The Morgan fingerprint density at radius 1 is 1.00 bits per heavy atom.